The highest BCUT2D eigenvalue weighted by Crippen LogP contribution is 2.14. The van der Waals surface area contributed by atoms with Gasteiger partial charge in [0.1, 0.15) is 0 Å². The van der Waals surface area contributed by atoms with Crippen LogP contribution in [0.1, 0.15) is 21.8 Å². The molecule has 0 bridgehead atoms. The van der Waals surface area contributed by atoms with E-state index in [9.17, 15) is 0 Å². The summed E-state index contributed by atoms with van der Waals surface area (Å²) in [5.41, 5.74) is 1.58. The number of aromatic nitrogens is 4. The van der Waals surface area contributed by atoms with Crippen molar-refractivity contribution in [1.29, 1.82) is 5.26 Å². The lowest BCUT2D eigenvalue weighted by atomic mass is 10.1. The van der Waals surface area contributed by atoms with Gasteiger partial charge in [0, 0.05) is 11.3 Å². The fourth-order valence-electron chi connectivity index (χ4n) is 1.97. The zero-order chi connectivity index (χ0) is 13.8. The highest BCUT2D eigenvalue weighted by atomic mass is 32.1. The molecule has 0 aliphatic carbocycles. The number of nitriles is 1. The van der Waals surface area contributed by atoms with Crippen molar-refractivity contribution in [3.63, 3.8) is 0 Å². The molecule has 6 heteroatoms. The van der Waals surface area contributed by atoms with E-state index in [1.807, 2.05) is 29.6 Å². The maximum Gasteiger partial charge on any atom is 0.156 e. The van der Waals surface area contributed by atoms with Crippen LogP contribution in [0.25, 0.3) is 0 Å². The van der Waals surface area contributed by atoms with Crippen molar-refractivity contribution >= 4 is 11.3 Å². The summed E-state index contributed by atoms with van der Waals surface area (Å²) in [5.74, 6) is 0.806. The molecule has 3 rings (SSSR count). The zero-order valence-electron chi connectivity index (χ0n) is 10.6. The van der Waals surface area contributed by atoms with E-state index in [1.54, 1.807) is 22.1 Å². The Labute approximate surface area is 120 Å². The molecule has 20 heavy (non-hydrogen) atoms. The number of hydrogen-bond donors (Lipinski definition) is 0. The topological polar surface area (TPSA) is 67.4 Å². The van der Waals surface area contributed by atoms with E-state index in [0.29, 0.717) is 18.5 Å². The van der Waals surface area contributed by atoms with E-state index in [2.05, 4.69) is 27.7 Å². The minimum Gasteiger partial charge on any atom is -0.225 e. The molecule has 0 spiro atoms. The van der Waals surface area contributed by atoms with E-state index in [-0.39, 0.29) is 0 Å². The Kier molecular flexibility index (Phi) is 3.52. The molecular formula is C14H11N5S. The van der Waals surface area contributed by atoms with E-state index in [4.69, 9.17) is 5.26 Å². The number of hydrogen-bond acceptors (Lipinski definition) is 5. The molecule has 0 N–H and O–H groups in total. The molecular weight excluding hydrogens is 270 g/mol. The fourth-order valence-corrected chi connectivity index (χ4v) is 2.67. The van der Waals surface area contributed by atoms with Gasteiger partial charge in [-0.25, -0.2) is 4.68 Å². The first-order valence-corrected chi connectivity index (χ1v) is 7.00. The molecule has 5 nitrogen and oxygen atoms in total. The van der Waals surface area contributed by atoms with Crippen LogP contribution in [-0.4, -0.2) is 20.2 Å². The lowest BCUT2D eigenvalue weighted by Gasteiger charge is -2.05. The second-order valence-electron chi connectivity index (χ2n) is 4.28. The molecule has 2 heterocycles. The van der Waals surface area contributed by atoms with Gasteiger partial charge < -0.3 is 0 Å². The second-order valence-corrected chi connectivity index (χ2v) is 5.31. The first-order chi connectivity index (χ1) is 9.86. The lowest BCUT2D eigenvalue weighted by molar-refractivity contribution is 0.625. The molecule has 0 unspecified atom stereocenters. The first kappa shape index (κ1) is 12.5. The summed E-state index contributed by atoms with van der Waals surface area (Å²) in [6.45, 7) is 0.511. The summed E-state index contributed by atoms with van der Waals surface area (Å²) < 4.78 is 1.75. The molecule has 0 aliphatic rings. The predicted octanol–water partition coefficient (Wildman–Crippen LogP) is 2.25. The van der Waals surface area contributed by atoms with Gasteiger partial charge in [0.05, 0.1) is 18.2 Å². The Morgan fingerprint density at radius 3 is 2.90 bits per heavy atom. The summed E-state index contributed by atoms with van der Waals surface area (Å²) >= 11 is 1.68. The summed E-state index contributed by atoms with van der Waals surface area (Å²) in [4.78, 5) is 1.22. The van der Waals surface area contributed by atoms with Crippen molar-refractivity contribution in [1.82, 2.24) is 20.2 Å². The largest absolute Gasteiger partial charge is 0.225 e. The summed E-state index contributed by atoms with van der Waals surface area (Å²) in [5, 5.41) is 23.0. The SMILES string of the molecule is N#Cc1ccccc1Cn1nnnc1Cc1cccs1. The van der Waals surface area contributed by atoms with E-state index < -0.39 is 0 Å². The average molecular weight is 281 g/mol. The number of nitrogens with zero attached hydrogens (tertiary/aromatic N) is 5. The highest BCUT2D eigenvalue weighted by Gasteiger charge is 2.10. The minimum atomic E-state index is 0.511. The molecule has 0 radical (unpaired) electrons. The van der Waals surface area contributed by atoms with Crippen LogP contribution >= 0.6 is 11.3 Å². The predicted molar refractivity (Wildman–Crippen MR) is 75.2 cm³/mol. The summed E-state index contributed by atoms with van der Waals surface area (Å²) in [6.07, 6.45) is 0.708. The van der Waals surface area contributed by atoms with Gasteiger partial charge in [-0.15, -0.1) is 16.4 Å². The van der Waals surface area contributed by atoms with Gasteiger partial charge >= 0.3 is 0 Å². The number of tetrazole rings is 1. The van der Waals surface area contributed by atoms with Crippen LogP contribution in [0.5, 0.6) is 0 Å². The van der Waals surface area contributed by atoms with Crippen molar-refractivity contribution < 1.29 is 0 Å². The van der Waals surface area contributed by atoms with Crippen molar-refractivity contribution in [3.05, 3.63) is 63.6 Å². The van der Waals surface area contributed by atoms with Crippen molar-refractivity contribution in [2.24, 2.45) is 0 Å². The van der Waals surface area contributed by atoms with E-state index in [1.165, 1.54) is 4.88 Å². The second kappa shape index (κ2) is 5.63. The average Bonchev–Trinajstić information content (AvgIpc) is 3.13. The van der Waals surface area contributed by atoms with Gasteiger partial charge in [0.15, 0.2) is 5.82 Å². The Morgan fingerprint density at radius 1 is 1.20 bits per heavy atom. The van der Waals surface area contributed by atoms with Crippen LogP contribution in [0, 0.1) is 11.3 Å². The first-order valence-electron chi connectivity index (χ1n) is 6.12. The fraction of sp³-hybridized carbons (Fsp3) is 0.143. The Bertz CT molecular complexity index is 739. The van der Waals surface area contributed by atoms with Crippen LogP contribution in [0.15, 0.2) is 41.8 Å². The van der Waals surface area contributed by atoms with Crippen molar-refractivity contribution in [2.45, 2.75) is 13.0 Å². The molecule has 0 saturated heterocycles. The number of thiophene rings is 1. The van der Waals surface area contributed by atoms with Crippen molar-refractivity contribution in [2.75, 3.05) is 0 Å². The highest BCUT2D eigenvalue weighted by molar-refractivity contribution is 7.09. The molecule has 0 amide bonds. The molecule has 1 aromatic carbocycles. The lowest BCUT2D eigenvalue weighted by Crippen LogP contribution is -2.08. The van der Waals surface area contributed by atoms with Crippen LogP contribution in [0.4, 0.5) is 0 Å². The van der Waals surface area contributed by atoms with Gasteiger partial charge in [-0.3, -0.25) is 0 Å². The summed E-state index contributed by atoms with van der Waals surface area (Å²) in [6, 6.07) is 13.8. The molecule has 0 saturated carbocycles. The van der Waals surface area contributed by atoms with Gasteiger partial charge in [0.2, 0.25) is 0 Å². The van der Waals surface area contributed by atoms with E-state index in [0.717, 1.165) is 11.4 Å². The summed E-state index contributed by atoms with van der Waals surface area (Å²) in [7, 11) is 0. The maximum atomic E-state index is 9.11. The standard InChI is InChI=1S/C14H11N5S/c15-9-11-4-1-2-5-12(11)10-19-14(16-17-18-19)8-13-6-3-7-20-13/h1-7H,8,10H2. The maximum absolute atomic E-state index is 9.11. The smallest absolute Gasteiger partial charge is 0.156 e. The van der Waals surface area contributed by atoms with Gasteiger partial charge in [-0.05, 0) is 33.5 Å². The van der Waals surface area contributed by atoms with Gasteiger partial charge in [0.25, 0.3) is 0 Å². The molecule has 2 aromatic heterocycles. The molecule has 0 aliphatic heterocycles. The Hall–Kier alpha value is -2.52. The molecule has 0 fully saturated rings. The molecule has 3 aromatic rings. The monoisotopic (exact) mass is 281 g/mol. The van der Waals surface area contributed by atoms with Crippen LogP contribution < -0.4 is 0 Å². The molecule has 0 atom stereocenters. The Balaban J connectivity index is 1.85. The van der Waals surface area contributed by atoms with Gasteiger partial charge in [-0.1, -0.05) is 24.3 Å². The zero-order valence-corrected chi connectivity index (χ0v) is 11.4. The molecule has 98 valence electrons. The van der Waals surface area contributed by atoms with Crippen LogP contribution in [0.2, 0.25) is 0 Å². The van der Waals surface area contributed by atoms with Crippen LogP contribution in [0.3, 0.4) is 0 Å². The van der Waals surface area contributed by atoms with Crippen molar-refractivity contribution in [3.8, 4) is 6.07 Å². The third-order valence-corrected chi connectivity index (χ3v) is 3.85. The third kappa shape index (κ3) is 2.58. The minimum absolute atomic E-state index is 0.511. The third-order valence-electron chi connectivity index (χ3n) is 2.98. The van der Waals surface area contributed by atoms with Crippen LogP contribution in [-0.2, 0) is 13.0 Å². The number of benzene rings is 1. The number of rotatable bonds is 4. The quantitative estimate of drug-likeness (QED) is 0.735. The van der Waals surface area contributed by atoms with E-state index >= 15 is 0 Å². The Morgan fingerprint density at radius 2 is 2.10 bits per heavy atom. The normalized spacial score (nSPS) is 10.3. The van der Waals surface area contributed by atoms with Gasteiger partial charge in [-0.2, -0.15) is 5.26 Å².